The van der Waals surface area contributed by atoms with Gasteiger partial charge in [0.1, 0.15) is 0 Å². The van der Waals surface area contributed by atoms with Crippen molar-refractivity contribution in [2.24, 2.45) is 0 Å². The lowest BCUT2D eigenvalue weighted by Gasteiger charge is -2.18. The summed E-state index contributed by atoms with van der Waals surface area (Å²) in [7, 11) is 0. The molecule has 114 valence electrons. The predicted octanol–water partition coefficient (Wildman–Crippen LogP) is 5.26. The Morgan fingerprint density at radius 2 is 1.50 bits per heavy atom. The maximum Gasteiger partial charge on any atom is 0.0321 e. The van der Waals surface area contributed by atoms with Gasteiger partial charge in [-0.15, -0.1) is 0 Å². The van der Waals surface area contributed by atoms with Gasteiger partial charge in [-0.1, -0.05) is 65.2 Å². The van der Waals surface area contributed by atoms with Gasteiger partial charge in [0, 0.05) is 18.4 Å². The highest BCUT2D eigenvalue weighted by atomic mass is 14.9. The summed E-state index contributed by atoms with van der Waals surface area (Å²) in [5.41, 5.74) is 1.38. The molecule has 0 bridgehead atoms. The third kappa shape index (κ3) is 7.64. The number of hydrogen-bond acceptors (Lipinski definition) is 2. The van der Waals surface area contributed by atoms with E-state index in [9.17, 15) is 0 Å². The van der Waals surface area contributed by atoms with Crippen LogP contribution in [0.5, 0.6) is 0 Å². The van der Waals surface area contributed by atoms with Crippen LogP contribution < -0.4 is 5.32 Å². The zero-order valence-corrected chi connectivity index (χ0v) is 13.4. The van der Waals surface area contributed by atoms with E-state index in [4.69, 9.17) is 0 Å². The average molecular weight is 276 g/mol. The topological polar surface area (TPSA) is 24.9 Å². The van der Waals surface area contributed by atoms with Crippen LogP contribution in [0.2, 0.25) is 0 Å². The van der Waals surface area contributed by atoms with Crippen molar-refractivity contribution in [2.75, 3.05) is 6.54 Å². The first-order valence-electron chi connectivity index (χ1n) is 8.51. The summed E-state index contributed by atoms with van der Waals surface area (Å²) in [5, 5.41) is 3.59. The highest BCUT2D eigenvalue weighted by molar-refractivity contribution is 5.14. The quantitative estimate of drug-likeness (QED) is 0.526. The zero-order valence-electron chi connectivity index (χ0n) is 13.4. The molecule has 0 aliphatic heterocycles. The molecule has 20 heavy (non-hydrogen) atoms. The Hall–Kier alpha value is -0.890. The van der Waals surface area contributed by atoms with Crippen molar-refractivity contribution in [1.29, 1.82) is 0 Å². The first-order chi connectivity index (χ1) is 9.88. The van der Waals surface area contributed by atoms with E-state index >= 15 is 0 Å². The third-order valence-corrected chi connectivity index (χ3v) is 3.91. The van der Waals surface area contributed by atoms with Crippen molar-refractivity contribution < 1.29 is 0 Å². The maximum absolute atomic E-state index is 4.11. The van der Waals surface area contributed by atoms with Gasteiger partial charge in [-0.05, 0) is 30.7 Å². The van der Waals surface area contributed by atoms with Crippen molar-refractivity contribution in [3.8, 4) is 0 Å². The second-order valence-electron chi connectivity index (χ2n) is 5.65. The minimum atomic E-state index is 0.503. The summed E-state index contributed by atoms with van der Waals surface area (Å²) in [6, 6.07) is 4.78. The van der Waals surface area contributed by atoms with Crippen LogP contribution in [0.15, 0.2) is 24.5 Å². The molecule has 2 heteroatoms. The van der Waals surface area contributed by atoms with Crippen LogP contribution >= 0.6 is 0 Å². The van der Waals surface area contributed by atoms with E-state index in [-0.39, 0.29) is 0 Å². The van der Waals surface area contributed by atoms with Crippen molar-refractivity contribution >= 4 is 0 Å². The van der Waals surface area contributed by atoms with Gasteiger partial charge in [0.2, 0.25) is 0 Å². The number of unbranched alkanes of at least 4 members (excludes halogenated alkanes) is 7. The highest BCUT2D eigenvalue weighted by Gasteiger charge is 2.08. The molecule has 2 nitrogen and oxygen atoms in total. The third-order valence-electron chi connectivity index (χ3n) is 3.91. The molecule has 0 fully saturated rings. The molecular weight excluding hydrogens is 244 g/mol. The van der Waals surface area contributed by atoms with Crippen LogP contribution in [0.1, 0.15) is 83.2 Å². The van der Waals surface area contributed by atoms with Gasteiger partial charge >= 0.3 is 0 Å². The molecule has 0 aliphatic carbocycles. The Kier molecular flexibility index (Phi) is 10.2. The maximum atomic E-state index is 4.11. The Morgan fingerprint density at radius 1 is 0.900 bits per heavy atom. The molecule has 0 saturated heterocycles. The number of pyridine rings is 1. The summed E-state index contributed by atoms with van der Waals surface area (Å²) >= 11 is 0. The summed E-state index contributed by atoms with van der Waals surface area (Å²) < 4.78 is 0. The molecule has 0 saturated carbocycles. The van der Waals surface area contributed by atoms with Gasteiger partial charge in [-0.25, -0.2) is 0 Å². The molecule has 1 aromatic rings. The van der Waals surface area contributed by atoms with Gasteiger partial charge in [-0.3, -0.25) is 4.98 Å². The molecule has 0 aliphatic rings. The lowest BCUT2D eigenvalue weighted by molar-refractivity contribution is 0.474. The van der Waals surface area contributed by atoms with Crippen molar-refractivity contribution in [2.45, 2.75) is 77.7 Å². The van der Waals surface area contributed by atoms with Crippen molar-refractivity contribution in [3.63, 3.8) is 0 Å². The van der Waals surface area contributed by atoms with Crippen molar-refractivity contribution in [1.82, 2.24) is 10.3 Å². The molecule has 0 spiro atoms. The fourth-order valence-corrected chi connectivity index (χ4v) is 2.71. The lowest BCUT2D eigenvalue weighted by Crippen LogP contribution is -2.20. The van der Waals surface area contributed by atoms with E-state index in [1.54, 1.807) is 0 Å². The van der Waals surface area contributed by atoms with Gasteiger partial charge in [0.25, 0.3) is 0 Å². The predicted molar refractivity (Wildman–Crippen MR) is 87.9 cm³/mol. The molecule has 1 unspecified atom stereocenters. The zero-order chi connectivity index (χ0) is 14.5. The molecule has 1 N–H and O–H groups in total. The van der Waals surface area contributed by atoms with E-state index in [1.165, 1.54) is 63.4 Å². The Morgan fingerprint density at radius 3 is 2.10 bits per heavy atom. The monoisotopic (exact) mass is 276 g/mol. The van der Waals surface area contributed by atoms with E-state index < -0.39 is 0 Å². The van der Waals surface area contributed by atoms with Crippen LogP contribution in [0.25, 0.3) is 0 Å². The van der Waals surface area contributed by atoms with Gasteiger partial charge in [0.15, 0.2) is 0 Å². The number of nitrogens with one attached hydrogen (secondary N) is 1. The summed E-state index contributed by atoms with van der Waals surface area (Å²) in [6.07, 6.45) is 16.2. The number of aromatic nitrogens is 1. The van der Waals surface area contributed by atoms with Gasteiger partial charge < -0.3 is 5.32 Å². The normalized spacial score (nSPS) is 12.5. The standard InChI is InChI=1S/C18H32N2/c1-3-5-6-7-8-9-10-11-12-18(20-4-2)17-13-15-19-16-14-17/h13-16,18,20H,3-12H2,1-2H3. The van der Waals surface area contributed by atoms with Gasteiger partial charge in [0.05, 0.1) is 0 Å². The number of nitrogens with zero attached hydrogens (tertiary/aromatic N) is 1. The van der Waals surface area contributed by atoms with Gasteiger partial charge in [-0.2, -0.15) is 0 Å². The minimum Gasteiger partial charge on any atom is -0.310 e. The largest absolute Gasteiger partial charge is 0.310 e. The summed E-state index contributed by atoms with van der Waals surface area (Å²) in [4.78, 5) is 4.11. The van der Waals surface area contributed by atoms with E-state index in [0.29, 0.717) is 6.04 Å². The SMILES string of the molecule is CCCCCCCCCCC(NCC)c1ccncc1. The molecular formula is C18H32N2. The van der Waals surface area contributed by atoms with Crippen molar-refractivity contribution in [3.05, 3.63) is 30.1 Å². The van der Waals surface area contributed by atoms with Crippen LogP contribution in [-0.4, -0.2) is 11.5 Å². The summed E-state index contributed by atoms with van der Waals surface area (Å²) in [5.74, 6) is 0. The van der Waals surface area contributed by atoms with Crippen LogP contribution in [-0.2, 0) is 0 Å². The van der Waals surface area contributed by atoms with E-state index in [0.717, 1.165) is 6.54 Å². The Bertz CT molecular complexity index is 310. The molecule has 0 amide bonds. The first-order valence-corrected chi connectivity index (χ1v) is 8.51. The average Bonchev–Trinajstić information content (AvgIpc) is 2.50. The number of hydrogen-bond donors (Lipinski definition) is 1. The molecule has 1 aromatic heterocycles. The highest BCUT2D eigenvalue weighted by Crippen LogP contribution is 2.20. The first kappa shape index (κ1) is 17.2. The number of rotatable bonds is 12. The smallest absolute Gasteiger partial charge is 0.0321 e. The lowest BCUT2D eigenvalue weighted by atomic mass is 10.00. The second kappa shape index (κ2) is 11.9. The minimum absolute atomic E-state index is 0.503. The molecule has 0 radical (unpaired) electrons. The molecule has 1 rings (SSSR count). The molecule has 1 atom stereocenters. The Balaban J connectivity index is 2.14. The molecule has 1 heterocycles. The fourth-order valence-electron chi connectivity index (χ4n) is 2.71. The van der Waals surface area contributed by atoms with E-state index in [2.05, 4.69) is 36.3 Å². The van der Waals surface area contributed by atoms with Crippen LogP contribution in [0.4, 0.5) is 0 Å². The van der Waals surface area contributed by atoms with Crippen LogP contribution in [0, 0.1) is 0 Å². The Labute approximate surface area is 125 Å². The summed E-state index contributed by atoms with van der Waals surface area (Å²) in [6.45, 7) is 5.49. The van der Waals surface area contributed by atoms with Crippen LogP contribution in [0.3, 0.4) is 0 Å². The fraction of sp³-hybridized carbons (Fsp3) is 0.722. The molecule has 0 aromatic carbocycles. The second-order valence-corrected chi connectivity index (χ2v) is 5.65. The van der Waals surface area contributed by atoms with E-state index in [1.807, 2.05) is 12.4 Å².